The summed E-state index contributed by atoms with van der Waals surface area (Å²) < 4.78 is 5.20. The van der Waals surface area contributed by atoms with Crippen molar-refractivity contribution in [3.63, 3.8) is 0 Å². The number of anilines is 1. The van der Waals surface area contributed by atoms with Gasteiger partial charge in [0.25, 0.3) is 0 Å². The lowest BCUT2D eigenvalue weighted by Crippen LogP contribution is -2.35. The van der Waals surface area contributed by atoms with E-state index >= 15 is 0 Å². The first-order chi connectivity index (χ1) is 9.27. The van der Waals surface area contributed by atoms with E-state index in [-0.39, 0.29) is 37.3 Å². The number of hydrogen-bond acceptors (Lipinski definition) is 4. The summed E-state index contributed by atoms with van der Waals surface area (Å²) in [5, 5.41) is 9.13. The summed E-state index contributed by atoms with van der Waals surface area (Å²) >= 11 is 0. The van der Waals surface area contributed by atoms with Crippen LogP contribution in [0.25, 0.3) is 0 Å². The van der Waals surface area contributed by atoms with Crippen molar-refractivity contribution in [2.24, 2.45) is 0 Å². The largest absolute Gasteiger partial charge is 0.495 e. The Labute approximate surface area is 139 Å². The number of para-hydroxylation sites is 2. The maximum atomic E-state index is 11.6. The average molecular weight is 338 g/mol. The number of methoxy groups -OCH3 is 1. The Kier molecular flexibility index (Phi) is 14.5. The van der Waals surface area contributed by atoms with Crippen molar-refractivity contribution in [1.82, 2.24) is 10.6 Å². The molecule has 0 bridgehead atoms. The lowest BCUT2D eigenvalue weighted by molar-refractivity contribution is -0.119. The van der Waals surface area contributed by atoms with E-state index in [2.05, 4.69) is 22.9 Å². The Hall–Kier alpha value is -1.17. The number of benzene rings is 1. The minimum Gasteiger partial charge on any atom is -0.495 e. The van der Waals surface area contributed by atoms with Gasteiger partial charge >= 0.3 is 0 Å². The van der Waals surface area contributed by atoms with Crippen molar-refractivity contribution in [3.05, 3.63) is 24.3 Å². The van der Waals surface area contributed by atoms with E-state index in [0.29, 0.717) is 6.54 Å². The molecule has 1 rings (SSSR count). The molecule has 0 aliphatic carbocycles. The van der Waals surface area contributed by atoms with E-state index in [4.69, 9.17) is 4.74 Å². The van der Waals surface area contributed by atoms with Crippen LogP contribution in [-0.4, -0.2) is 39.2 Å². The molecule has 3 N–H and O–H groups in total. The van der Waals surface area contributed by atoms with Crippen LogP contribution >= 0.6 is 24.8 Å². The van der Waals surface area contributed by atoms with Gasteiger partial charge < -0.3 is 20.7 Å². The molecular formula is C14H25Cl2N3O2. The minimum absolute atomic E-state index is 0. The van der Waals surface area contributed by atoms with E-state index in [1.807, 2.05) is 24.3 Å². The van der Waals surface area contributed by atoms with Crippen LogP contribution in [0.4, 0.5) is 5.69 Å². The highest BCUT2D eigenvalue weighted by atomic mass is 35.5. The fourth-order valence-corrected chi connectivity index (χ4v) is 1.62. The Morgan fingerprint density at radius 3 is 2.52 bits per heavy atom. The van der Waals surface area contributed by atoms with Gasteiger partial charge in [-0.1, -0.05) is 19.1 Å². The van der Waals surface area contributed by atoms with E-state index in [9.17, 15) is 4.79 Å². The molecule has 0 atom stereocenters. The maximum Gasteiger partial charge on any atom is 0.239 e. The molecule has 0 spiro atoms. The molecule has 1 aromatic carbocycles. The molecule has 0 unspecified atom stereocenters. The number of amides is 1. The third kappa shape index (κ3) is 9.39. The Balaban J connectivity index is 0. The van der Waals surface area contributed by atoms with Crippen molar-refractivity contribution in [1.29, 1.82) is 0 Å². The number of carbonyl (C=O) groups is 1. The molecule has 0 aliphatic rings. The van der Waals surface area contributed by atoms with E-state index in [0.717, 1.165) is 30.9 Å². The fraction of sp³-hybridized carbons (Fsp3) is 0.500. The van der Waals surface area contributed by atoms with E-state index in [1.165, 1.54) is 0 Å². The van der Waals surface area contributed by atoms with Crippen LogP contribution in [0.15, 0.2) is 24.3 Å². The normalized spacial score (nSPS) is 9.05. The second kappa shape index (κ2) is 13.8. The molecular weight excluding hydrogens is 313 g/mol. The molecule has 0 saturated carbocycles. The summed E-state index contributed by atoms with van der Waals surface area (Å²) in [4.78, 5) is 11.6. The van der Waals surface area contributed by atoms with Crippen molar-refractivity contribution in [3.8, 4) is 5.75 Å². The summed E-state index contributed by atoms with van der Waals surface area (Å²) in [5.41, 5.74) is 0.823. The molecule has 0 aliphatic heterocycles. The van der Waals surface area contributed by atoms with Crippen LogP contribution < -0.4 is 20.7 Å². The smallest absolute Gasteiger partial charge is 0.239 e. The lowest BCUT2D eigenvalue weighted by atomic mass is 10.3. The molecule has 0 saturated heterocycles. The monoisotopic (exact) mass is 337 g/mol. The number of ether oxygens (including phenoxy) is 1. The highest BCUT2D eigenvalue weighted by Crippen LogP contribution is 2.22. The van der Waals surface area contributed by atoms with E-state index in [1.54, 1.807) is 7.11 Å². The molecule has 0 aromatic heterocycles. The van der Waals surface area contributed by atoms with Gasteiger partial charge in [0, 0.05) is 13.1 Å². The summed E-state index contributed by atoms with van der Waals surface area (Å²) in [6, 6.07) is 7.53. The van der Waals surface area contributed by atoms with Gasteiger partial charge in [-0.05, 0) is 25.1 Å². The van der Waals surface area contributed by atoms with Crippen LogP contribution in [0.1, 0.15) is 13.3 Å². The average Bonchev–Trinajstić information content (AvgIpc) is 2.45. The van der Waals surface area contributed by atoms with Crippen molar-refractivity contribution in [2.75, 3.05) is 38.6 Å². The molecule has 21 heavy (non-hydrogen) atoms. The topological polar surface area (TPSA) is 62.4 Å². The molecule has 7 heteroatoms. The van der Waals surface area contributed by atoms with Gasteiger partial charge in [-0.25, -0.2) is 0 Å². The molecule has 122 valence electrons. The third-order valence-electron chi connectivity index (χ3n) is 2.60. The minimum atomic E-state index is -0.0239. The Bertz CT molecular complexity index is 392. The zero-order valence-corrected chi connectivity index (χ0v) is 14.1. The molecule has 0 heterocycles. The van der Waals surface area contributed by atoms with E-state index < -0.39 is 0 Å². The van der Waals surface area contributed by atoms with Crippen LogP contribution in [0.5, 0.6) is 5.75 Å². The van der Waals surface area contributed by atoms with Gasteiger partial charge in [-0.3, -0.25) is 4.79 Å². The zero-order valence-electron chi connectivity index (χ0n) is 12.5. The first-order valence-corrected chi connectivity index (χ1v) is 6.62. The lowest BCUT2D eigenvalue weighted by Gasteiger charge is -2.11. The fourth-order valence-electron chi connectivity index (χ4n) is 1.62. The predicted molar refractivity (Wildman–Crippen MR) is 92.2 cm³/mol. The predicted octanol–water partition coefficient (Wildman–Crippen LogP) is 2.07. The molecule has 1 amide bonds. The summed E-state index contributed by atoms with van der Waals surface area (Å²) in [6.07, 6.45) is 1.10. The summed E-state index contributed by atoms with van der Waals surface area (Å²) in [5.74, 6) is 0.712. The number of halogens is 2. The number of carbonyl (C=O) groups excluding carboxylic acids is 1. The quantitative estimate of drug-likeness (QED) is 0.603. The zero-order chi connectivity index (χ0) is 13.9. The standard InChI is InChI=1S/C14H23N3O2.2ClH/c1-3-8-15-9-10-16-14(18)11-17-12-6-4-5-7-13(12)19-2;;/h4-7,15,17H,3,8-11H2,1-2H3,(H,16,18);2*1H. The molecule has 0 radical (unpaired) electrons. The van der Waals surface area contributed by atoms with Gasteiger partial charge in [0.15, 0.2) is 0 Å². The van der Waals surface area contributed by atoms with Crippen molar-refractivity contribution >= 4 is 36.4 Å². The Morgan fingerprint density at radius 1 is 1.14 bits per heavy atom. The van der Waals surface area contributed by atoms with Crippen molar-refractivity contribution < 1.29 is 9.53 Å². The van der Waals surface area contributed by atoms with Gasteiger partial charge in [0.1, 0.15) is 5.75 Å². The number of hydrogen-bond donors (Lipinski definition) is 3. The van der Waals surface area contributed by atoms with Gasteiger partial charge in [0.2, 0.25) is 5.91 Å². The maximum absolute atomic E-state index is 11.6. The van der Waals surface area contributed by atoms with Crippen LogP contribution in [0, 0.1) is 0 Å². The molecule has 5 nitrogen and oxygen atoms in total. The van der Waals surface area contributed by atoms with Gasteiger partial charge in [0.05, 0.1) is 19.3 Å². The summed E-state index contributed by atoms with van der Waals surface area (Å²) in [7, 11) is 1.61. The number of rotatable bonds is 9. The SMILES string of the molecule is CCCNCCNC(=O)CNc1ccccc1OC.Cl.Cl. The first-order valence-electron chi connectivity index (χ1n) is 6.62. The van der Waals surface area contributed by atoms with Crippen molar-refractivity contribution in [2.45, 2.75) is 13.3 Å². The molecule has 1 aromatic rings. The first kappa shape index (κ1) is 22.1. The second-order valence-corrected chi connectivity index (χ2v) is 4.15. The van der Waals surface area contributed by atoms with Crippen LogP contribution in [0.3, 0.4) is 0 Å². The van der Waals surface area contributed by atoms with Crippen LogP contribution in [0.2, 0.25) is 0 Å². The van der Waals surface area contributed by atoms with Gasteiger partial charge in [-0.15, -0.1) is 24.8 Å². The van der Waals surface area contributed by atoms with Crippen LogP contribution in [-0.2, 0) is 4.79 Å². The summed E-state index contributed by atoms with van der Waals surface area (Å²) in [6.45, 7) is 4.78. The Morgan fingerprint density at radius 2 is 1.86 bits per heavy atom. The number of nitrogens with one attached hydrogen (secondary N) is 3. The third-order valence-corrected chi connectivity index (χ3v) is 2.60. The van der Waals surface area contributed by atoms with Gasteiger partial charge in [-0.2, -0.15) is 0 Å². The highest BCUT2D eigenvalue weighted by Gasteiger charge is 2.03. The highest BCUT2D eigenvalue weighted by molar-refractivity contribution is 5.85. The molecule has 0 fully saturated rings. The second-order valence-electron chi connectivity index (χ2n) is 4.15.